The van der Waals surface area contributed by atoms with Crippen molar-refractivity contribution in [2.45, 2.75) is 13.0 Å². The standard InChI is InChI=1S/C19H17BrN4O2/c20-16-7-3-1-6-15(16)19(26)23-22-11-13-12-24(10-9-18(21)25)17-8-4-2-5-14(13)17/h1-8,11-12H,9-10H2,(H2,21,25)(H,23,26)/b22-11+. The van der Waals surface area contributed by atoms with Gasteiger partial charge in [-0.05, 0) is 34.1 Å². The first kappa shape index (κ1) is 17.9. The van der Waals surface area contributed by atoms with Gasteiger partial charge < -0.3 is 10.3 Å². The molecule has 0 saturated carbocycles. The summed E-state index contributed by atoms with van der Waals surface area (Å²) >= 11 is 3.34. The Balaban J connectivity index is 1.80. The number of aryl methyl sites for hydroxylation is 1. The summed E-state index contributed by atoms with van der Waals surface area (Å²) in [7, 11) is 0. The molecule has 0 aliphatic carbocycles. The van der Waals surface area contributed by atoms with Crippen molar-refractivity contribution in [1.82, 2.24) is 9.99 Å². The van der Waals surface area contributed by atoms with Crippen LogP contribution in [0.2, 0.25) is 0 Å². The number of fused-ring (bicyclic) bond motifs is 1. The molecule has 0 fully saturated rings. The number of primary amides is 1. The quantitative estimate of drug-likeness (QED) is 0.481. The van der Waals surface area contributed by atoms with E-state index >= 15 is 0 Å². The van der Waals surface area contributed by atoms with Crippen LogP contribution in [0.15, 0.2) is 64.3 Å². The minimum Gasteiger partial charge on any atom is -0.370 e. The zero-order valence-corrected chi connectivity index (χ0v) is 15.4. The zero-order chi connectivity index (χ0) is 18.5. The largest absolute Gasteiger partial charge is 0.370 e. The first-order valence-electron chi connectivity index (χ1n) is 8.00. The van der Waals surface area contributed by atoms with E-state index in [1.165, 1.54) is 0 Å². The number of aromatic nitrogens is 1. The lowest BCUT2D eigenvalue weighted by atomic mass is 10.2. The van der Waals surface area contributed by atoms with Gasteiger partial charge in [0.2, 0.25) is 5.91 Å². The van der Waals surface area contributed by atoms with E-state index in [0.29, 0.717) is 16.6 Å². The molecule has 0 unspecified atom stereocenters. The van der Waals surface area contributed by atoms with Crippen molar-refractivity contribution >= 4 is 44.9 Å². The Bertz CT molecular complexity index is 994. The Morgan fingerprint density at radius 3 is 2.65 bits per heavy atom. The molecule has 0 aliphatic rings. The number of hydrogen-bond donors (Lipinski definition) is 2. The summed E-state index contributed by atoms with van der Waals surface area (Å²) in [5.74, 6) is -0.648. The fourth-order valence-corrected chi connectivity index (χ4v) is 3.12. The molecule has 26 heavy (non-hydrogen) atoms. The number of carbonyl (C=O) groups excluding carboxylic acids is 2. The average Bonchev–Trinajstić information content (AvgIpc) is 2.98. The van der Waals surface area contributed by atoms with Gasteiger partial charge >= 0.3 is 0 Å². The van der Waals surface area contributed by atoms with Gasteiger partial charge in [-0.25, -0.2) is 5.43 Å². The number of nitrogens with one attached hydrogen (secondary N) is 1. The molecule has 7 heteroatoms. The van der Waals surface area contributed by atoms with Crippen molar-refractivity contribution in [2.75, 3.05) is 0 Å². The van der Waals surface area contributed by atoms with Gasteiger partial charge in [0.15, 0.2) is 0 Å². The summed E-state index contributed by atoms with van der Waals surface area (Å²) in [6, 6.07) is 14.9. The third-order valence-electron chi connectivity index (χ3n) is 3.91. The molecule has 3 N–H and O–H groups in total. The summed E-state index contributed by atoms with van der Waals surface area (Å²) in [6.45, 7) is 0.493. The lowest BCUT2D eigenvalue weighted by Crippen LogP contribution is -2.18. The van der Waals surface area contributed by atoms with Crippen molar-refractivity contribution in [2.24, 2.45) is 10.8 Å². The molecule has 3 aromatic rings. The average molecular weight is 413 g/mol. The summed E-state index contributed by atoms with van der Waals surface area (Å²) < 4.78 is 2.66. The third kappa shape index (κ3) is 4.00. The van der Waals surface area contributed by atoms with Gasteiger partial charge in [-0.2, -0.15) is 5.10 Å². The second-order valence-corrected chi connectivity index (χ2v) is 6.54. The molecule has 0 atom stereocenters. The molecule has 2 amide bonds. The van der Waals surface area contributed by atoms with Gasteiger partial charge in [-0.1, -0.05) is 30.3 Å². The highest BCUT2D eigenvalue weighted by Gasteiger charge is 2.09. The number of benzene rings is 2. The topological polar surface area (TPSA) is 89.5 Å². The number of halogens is 1. The molecule has 3 rings (SSSR count). The van der Waals surface area contributed by atoms with Gasteiger partial charge in [0.1, 0.15) is 0 Å². The molecule has 0 saturated heterocycles. The lowest BCUT2D eigenvalue weighted by Gasteiger charge is -2.02. The number of para-hydroxylation sites is 1. The number of nitrogens with zero attached hydrogens (tertiary/aromatic N) is 2. The van der Waals surface area contributed by atoms with E-state index in [1.807, 2.05) is 41.1 Å². The molecule has 2 aromatic carbocycles. The van der Waals surface area contributed by atoms with E-state index in [9.17, 15) is 9.59 Å². The molecule has 0 aliphatic heterocycles. The number of amides is 2. The van der Waals surface area contributed by atoms with E-state index in [2.05, 4.69) is 26.5 Å². The molecule has 0 bridgehead atoms. The summed E-state index contributed by atoms with van der Waals surface area (Å²) in [6.07, 6.45) is 3.74. The van der Waals surface area contributed by atoms with Crippen LogP contribution in [0.1, 0.15) is 22.3 Å². The fraction of sp³-hybridized carbons (Fsp3) is 0.105. The minimum absolute atomic E-state index is 0.258. The molecular formula is C19H17BrN4O2. The molecule has 0 spiro atoms. The van der Waals surface area contributed by atoms with Crippen molar-refractivity contribution < 1.29 is 9.59 Å². The normalized spacial score (nSPS) is 11.1. The van der Waals surface area contributed by atoms with Gasteiger partial charge in [0.25, 0.3) is 5.91 Å². The van der Waals surface area contributed by atoms with Crippen LogP contribution in [0, 0.1) is 0 Å². The Kier molecular flexibility index (Phi) is 5.48. The zero-order valence-electron chi connectivity index (χ0n) is 13.9. The molecule has 1 heterocycles. The van der Waals surface area contributed by atoms with E-state index in [1.54, 1.807) is 24.4 Å². The first-order chi connectivity index (χ1) is 12.6. The van der Waals surface area contributed by atoms with Crippen LogP contribution in [0.5, 0.6) is 0 Å². The Labute approximate surface area is 158 Å². The van der Waals surface area contributed by atoms with Crippen LogP contribution >= 0.6 is 15.9 Å². The fourth-order valence-electron chi connectivity index (χ4n) is 2.66. The van der Waals surface area contributed by atoms with Gasteiger partial charge in [-0.3, -0.25) is 9.59 Å². The van der Waals surface area contributed by atoms with E-state index in [-0.39, 0.29) is 18.2 Å². The number of hydrogen-bond acceptors (Lipinski definition) is 3. The smallest absolute Gasteiger partial charge is 0.272 e. The van der Waals surface area contributed by atoms with Gasteiger partial charge in [0.05, 0.1) is 11.8 Å². The summed E-state index contributed by atoms with van der Waals surface area (Å²) in [4.78, 5) is 23.2. The third-order valence-corrected chi connectivity index (χ3v) is 4.60. The maximum absolute atomic E-state index is 12.2. The molecule has 132 valence electrons. The Morgan fingerprint density at radius 2 is 1.88 bits per heavy atom. The minimum atomic E-state index is -0.348. The highest BCUT2D eigenvalue weighted by Crippen LogP contribution is 2.20. The van der Waals surface area contributed by atoms with Crippen LogP contribution < -0.4 is 11.2 Å². The van der Waals surface area contributed by atoms with Gasteiger partial charge in [0, 0.05) is 40.1 Å². The number of nitrogens with two attached hydrogens (primary N) is 1. The summed E-state index contributed by atoms with van der Waals surface area (Å²) in [5.41, 5.74) is 10.1. The predicted molar refractivity (Wildman–Crippen MR) is 105 cm³/mol. The monoisotopic (exact) mass is 412 g/mol. The Hall–Kier alpha value is -2.93. The van der Waals surface area contributed by atoms with Crippen molar-refractivity contribution in [3.63, 3.8) is 0 Å². The highest BCUT2D eigenvalue weighted by atomic mass is 79.9. The molecule has 0 radical (unpaired) electrons. The maximum atomic E-state index is 12.2. The van der Waals surface area contributed by atoms with E-state index in [4.69, 9.17) is 5.73 Å². The highest BCUT2D eigenvalue weighted by molar-refractivity contribution is 9.10. The van der Waals surface area contributed by atoms with Crippen LogP contribution in [-0.2, 0) is 11.3 Å². The first-order valence-corrected chi connectivity index (χ1v) is 8.79. The molecule has 1 aromatic heterocycles. The van der Waals surface area contributed by atoms with Crippen LogP contribution in [0.4, 0.5) is 0 Å². The second kappa shape index (κ2) is 7.97. The van der Waals surface area contributed by atoms with Gasteiger partial charge in [-0.15, -0.1) is 0 Å². The van der Waals surface area contributed by atoms with E-state index in [0.717, 1.165) is 16.5 Å². The molecular weight excluding hydrogens is 396 g/mol. The maximum Gasteiger partial charge on any atom is 0.272 e. The molecule has 6 nitrogen and oxygen atoms in total. The second-order valence-electron chi connectivity index (χ2n) is 5.69. The number of rotatable bonds is 6. The van der Waals surface area contributed by atoms with Crippen LogP contribution in [-0.4, -0.2) is 22.6 Å². The van der Waals surface area contributed by atoms with Crippen molar-refractivity contribution in [3.05, 3.63) is 70.3 Å². The lowest BCUT2D eigenvalue weighted by molar-refractivity contribution is -0.118. The number of carbonyl (C=O) groups is 2. The van der Waals surface area contributed by atoms with Crippen LogP contribution in [0.25, 0.3) is 10.9 Å². The number of hydrazone groups is 1. The van der Waals surface area contributed by atoms with Crippen LogP contribution in [0.3, 0.4) is 0 Å². The van der Waals surface area contributed by atoms with E-state index < -0.39 is 0 Å². The predicted octanol–water partition coefficient (Wildman–Crippen LogP) is 3.04. The summed E-state index contributed by atoms with van der Waals surface area (Å²) in [5, 5.41) is 5.05. The SMILES string of the molecule is NC(=O)CCn1cc(/C=N/NC(=O)c2ccccc2Br)c2ccccc21. The Morgan fingerprint density at radius 1 is 1.15 bits per heavy atom. The van der Waals surface area contributed by atoms with Crippen molar-refractivity contribution in [3.8, 4) is 0 Å². The van der Waals surface area contributed by atoms with Crippen molar-refractivity contribution in [1.29, 1.82) is 0 Å².